The quantitative estimate of drug-likeness (QED) is 0.938. The van der Waals surface area contributed by atoms with Crippen LogP contribution < -0.4 is 0 Å². The molecule has 0 bridgehead atoms. The van der Waals surface area contributed by atoms with Gasteiger partial charge in [-0.15, -0.1) is 12.4 Å². The Morgan fingerprint density at radius 2 is 1.86 bits per heavy atom. The van der Waals surface area contributed by atoms with E-state index in [1.807, 2.05) is 18.2 Å². The number of nitrogens with zero attached hydrogens (tertiary/aromatic N) is 1. The van der Waals surface area contributed by atoms with E-state index >= 15 is 0 Å². The van der Waals surface area contributed by atoms with Crippen molar-refractivity contribution in [3.05, 3.63) is 71.3 Å². The first-order chi connectivity index (χ1) is 9.66. The van der Waals surface area contributed by atoms with E-state index in [4.69, 9.17) is 0 Å². The lowest BCUT2D eigenvalue weighted by molar-refractivity contribution is 0.0452. The number of β-amino-alcohol motifs (C(OH)–C–C–N with tert-alkyl or cyclic N) is 1. The summed E-state index contributed by atoms with van der Waals surface area (Å²) in [5, 5.41) is 10.9. The fourth-order valence-corrected chi connectivity index (χ4v) is 3.02. The number of aryl methyl sites for hydroxylation is 1. The van der Waals surface area contributed by atoms with Crippen LogP contribution in [0.25, 0.3) is 0 Å². The van der Waals surface area contributed by atoms with Gasteiger partial charge in [-0.05, 0) is 24.5 Å². The van der Waals surface area contributed by atoms with Crippen LogP contribution in [0.3, 0.4) is 0 Å². The van der Waals surface area contributed by atoms with Crippen molar-refractivity contribution in [2.45, 2.75) is 25.5 Å². The van der Waals surface area contributed by atoms with Crippen LogP contribution in [0.5, 0.6) is 0 Å². The van der Waals surface area contributed by atoms with Gasteiger partial charge in [0.05, 0.1) is 0 Å². The molecule has 1 heterocycles. The summed E-state index contributed by atoms with van der Waals surface area (Å²) in [4.78, 5) is 2.33. The zero-order valence-electron chi connectivity index (χ0n) is 12.3. The lowest BCUT2D eigenvalue weighted by Gasteiger charge is -2.24. The van der Waals surface area contributed by atoms with Gasteiger partial charge < -0.3 is 5.11 Å². The number of hydrogen-bond donors (Lipinski definition) is 1. The van der Waals surface area contributed by atoms with Crippen LogP contribution in [-0.4, -0.2) is 23.1 Å². The van der Waals surface area contributed by atoms with Gasteiger partial charge in [0.1, 0.15) is 5.60 Å². The Kier molecular flexibility index (Phi) is 5.04. The molecule has 1 N–H and O–H groups in total. The Bertz CT molecular complexity index is 587. The molecule has 1 aliphatic heterocycles. The average Bonchev–Trinajstić information content (AvgIpc) is 2.83. The Labute approximate surface area is 132 Å². The van der Waals surface area contributed by atoms with Crippen LogP contribution in [0.1, 0.15) is 23.1 Å². The normalized spacial score (nSPS) is 22.0. The minimum atomic E-state index is -0.694. The molecule has 2 nitrogen and oxygen atoms in total. The highest BCUT2D eigenvalue weighted by Crippen LogP contribution is 2.32. The first-order valence-electron chi connectivity index (χ1n) is 7.22. The van der Waals surface area contributed by atoms with Crippen molar-refractivity contribution in [1.82, 2.24) is 4.90 Å². The van der Waals surface area contributed by atoms with Gasteiger partial charge in [-0.2, -0.15) is 0 Å². The van der Waals surface area contributed by atoms with E-state index in [1.165, 1.54) is 11.1 Å². The summed E-state index contributed by atoms with van der Waals surface area (Å²) in [6.45, 7) is 4.64. The molecule has 1 fully saturated rings. The Morgan fingerprint density at radius 3 is 2.57 bits per heavy atom. The van der Waals surface area contributed by atoms with Gasteiger partial charge >= 0.3 is 0 Å². The summed E-state index contributed by atoms with van der Waals surface area (Å²) < 4.78 is 0. The fourth-order valence-electron chi connectivity index (χ4n) is 3.02. The SMILES string of the molecule is Cc1cccc(C2(O)CCN(Cc3ccccc3)C2)c1.Cl. The lowest BCUT2D eigenvalue weighted by atomic mass is 9.92. The summed E-state index contributed by atoms with van der Waals surface area (Å²) in [6, 6.07) is 18.7. The minimum Gasteiger partial charge on any atom is -0.384 e. The molecule has 2 aromatic carbocycles. The predicted molar refractivity (Wildman–Crippen MR) is 88.7 cm³/mol. The molecule has 1 saturated heterocycles. The summed E-state index contributed by atoms with van der Waals surface area (Å²) in [5.74, 6) is 0. The number of likely N-dealkylation sites (tertiary alicyclic amines) is 1. The molecule has 0 radical (unpaired) electrons. The highest BCUT2D eigenvalue weighted by atomic mass is 35.5. The molecular weight excluding hydrogens is 282 g/mol. The standard InChI is InChI=1S/C18H21NO.ClH/c1-15-6-5-9-17(12-15)18(20)10-11-19(14-18)13-16-7-3-2-4-8-16;/h2-9,12,20H,10-11,13-14H2,1H3;1H. The van der Waals surface area contributed by atoms with Crippen molar-refractivity contribution < 1.29 is 5.11 Å². The van der Waals surface area contributed by atoms with Crippen LogP contribution in [0.2, 0.25) is 0 Å². The number of benzene rings is 2. The maximum Gasteiger partial charge on any atom is 0.103 e. The van der Waals surface area contributed by atoms with Gasteiger partial charge in [0.2, 0.25) is 0 Å². The third kappa shape index (κ3) is 3.65. The molecule has 0 spiro atoms. The zero-order valence-corrected chi connectivity index (χ0v) is 13.1. The number of hydrogen-bond acceptors (Lipinski definition) is 2. The fraction of sp³-hybridized carbons (Fsp3) is 0.333. The molecule has 0 aromatic heterocycles. The van der Waals surface area contributed by atoms with Crippen LogP contribution in [0.4, 0.5) is 0 Å². The van der Waals surface area contributed by atoms with Gasteiger partial charge in [0.15, 0.2) is 0 Å². The van der Waals surface area contributed by atoms with E-state index in [0.29, 0.717) is 6.54 Å². The molecule has 3 rings (SSSR count). The molecule has 112 valence electrons. The van der Waals surface area contributed by atoms with Crippen molar-refractivity contribution >= 4 is 12.4 Å². The minimum absolute atomic E-state index is 0. The first kappa shape index (κ1) is 16.0. The molecule has 0 amide bonds. The van der Waals surface area contributed by atoms with E-state index in [0.717, 1.165) is 25.1 Å². The Morgan fingerprint density at radius 1 is 1.10 bits per heavy atom. The number of halogens is 1. The van der Waals surface area contributed by atoms with E-state index in [9.17, 15) is 5.11 Å². The monoisotopic (exact) mass is 303 g/mol. The lowest BCUT2D eigenvalue weighted by Crippen LogP contribution is -2.30. The Balaban J connectivity index is 0.00000161. The van der Waals surface area contributed by atoms with E-state index in [1.54, 1.807) is 0 Å². The smallest absolute Gasteiger partial charge is 0.103 e. The third-order valence-electron chi connectivity index (χ3n) is 4.13. The highest BCUT2D eigenvalue weighted by Gasteiger charge is 2.37. The van der Waals surface area contributed by atoms with Crippen LogP contribution in [-0.2, 0) is 12.1 Å². The van der Waals surface area contributed by atoms with Gasteiger partial charge in [-0.3, -0.25) is 4.90 Å². The van der Waals surface area contributed by atoms with Gasteiger partial charge in [0, 0.05) is 19.6 Å². The maximum atomic E-state index is 10.9. The molecule has 1 aliphatic rings. The van der Waals surface area contributed by atoms with Crippen molar-refractivity contribution in [2.75, 3.05) is 13.1 Å². The largest absolute Gasteiger partial charge is 0.384 e. The van der Waals surface area contributed by atoms with Crippen molar-refractivity contribution in [2.24, 2.45) is 0 Å². The van der Waals surface area contributed by atoms with E-state index in [2.05, 4.69) is 48.2 Å². The van der Waals surface area contributed by atoms with E-state index < -0.39 is 5.60 Å². The number of rotatable bonds is 3. The molecule has 2 aromatic rings. The molecule has 0 aliphatic carbocycles. The maximum absolute atomic E-state index is 10.9. The predicted octanol–water partition coefficient (Wildman–Crippen LogP) is 3.51. The van der Waals surface area contributed by atoms with Crippen LogP contribution in [0, 0.1) is 6.92 Å². The van der Waals surface area contributed by atoms with Crippen molar-refractivity contribution in [3.63, 3.8) is 0 Å². The van der Waals surface area contributed by atoms with Gasteiger partial charge in [-0.1, -0.05) is 60.2 Å². The molecule has 1 unspecified atom stereocenters. The van der Waals surface area contributed by atoms with Crippen molar-refractivity contribution in [1.29, 1.82) is 0 Å². The van der Waals surface area contributed by atoms with Gasteiger partial charge in [-0.25, -0.2) is 0 Å². The van der Waals surface area contributed by atoms with Crippen molar-refractivity contribution in [3.8, 4) is 0 Å². The molecule has 0 saturated carbocycles. The summed E-state index contributed by atoms with van der Waals surface area (Å²) in [7, 11) is 0. The highest BCUT2D eigenvalue weighted by molar-refractivity contribution is 5.85. The van der Waals surface area contributed by atoms with E-state index in [-0.39, 0.29) is 12.4 Å². The topological polar surface area (TPSA) is 23.5 Å². The van der Waals surface area contributed by atoms with Gasteiger partial charge in [0.25, 0.3) is 0 Å². The molecule has 3 heteroatoms. The Hall–Kier alpha value is -1.35. The van der Waals surface area contributed by atoms with Crippen LogP contribution in [0.15, 0.2) is 54.6 Å². The first-order valence-corrected chi connectivity index (χ1v) is 7.22. The zero-order chi connectivity index (χ0) is 14.0. The summed E-state index contributed by atoms with van der Waals surface area (Å²) >= 11 is 0. The average molecular weight is 304 g/mol. The second-order valence-electron chi connectivity index (χ2n) is 5.85. The third-order valence-corrected chi connectivity index (χ3v) is 4.13. The molecular formula is C18H22ClNO. The number of aliphatic hydroxyl groups is 1. The second-order valence-corrected chi connectivity index (χ2v) is 5.85. The summed E-state index contributed by atoms with van der Waals surface area (Å²) in [5.41, 5.74) is 2.87. The molecule has 21 heavy (non-hydrogen) atoms. The molecule has 1 atom stereocenters. The summed E-state index contributed by atoms with van der Waals surface area (Å²) in [6.07, 6.45) is 0.809. The van der Waals surface area contributed by atoms with Crippen LogP contribution >= 0.6 is 12.4 Å². The second kappa shape index (κ2) is 6.61.